The van der Waals surface area contributed by atoms with E-state index in [2.05, 4.69) is 11.9 Å². The monoisotopic (exact) mass is 361 g/mol. The molecule has 0 aromatic heterocycles. The highest BCUT2D eigenvalue weighted by atomic mass is 16.6. The molecule has 1 aliphatic heterocycles. The maximum absolute atomic E-state index is 5.75. The average molecular weight is 361 g/mol. The van der Waals surface area contributed by atoms with Crippen molar-refractivity contribution in [2.24, 2.45) is 0 Å². The van der Waals surface area contributed by atoms with Crippen molar-refractivity contribution in [3.63, 3.8) is 0 Å². The molecule has 0 radical (unpaired) electrons. The van der Waals surface area contributed by atoms with E-state index in [1.165, 1.54) is 0 Å². The molecule has 0 amide bonds. The summed E-state index contributed by atoms with van der Waals surface area (Å²) in [4.78, 5) is 0. The van der Waals surface area contributed by atoms with Crippen molar-refractivity contribution in [3.05, 3.63) is 12.7 Å². The van der Waals surface area contributed by atoms with Gasteiger partial charge in [-0.05, 0) is 25.9 Å². The molecule has 0 saturated carbocycles. The fraction of sp³-hybridized carbons (Fsp3) is 0.889. The Labute approximate surface area is 151 Å². The van der Waals surface area contributed by atoms with Crippen LogP contribution in [0.15, 0.2) is 12.7 Å². The molecule has 7 nitrogen and oxygen atoms in total. The minimum Gasteiger partial charge on any atom is -0.377 e. The summed E-state index contributed by atoms with van der Waals surface area (Å²) in [6, 6.07) is 0. The average Bonchev–Trinajstić information content (AvgIpc) is 2.65. The lowest BCUT2D eigenvalue weighted by Gasteiger charge is -2.22. The third-order valence-electron chi connectivity index (χ3n) is 3.59. The molecular formula is C18H35NO6. The van der Waals surface area contributed by atoms with Crippen molar-refractivity contribution in [3.8, 4) is 0 Å². The van der Waals surface area contributed by atoms with Gasteiger partial charge in [0.2, 0.25) is 0 Å². The van der Waals surface area contributed by atoms with Crippen molar-refractivity contribution in [2.75, 3.05) is 85.8 Å². The highest BCUT2D eigenvalue weighted by Crippen LogP contribution is 2.06. The summed E-state index contributed by atoms with van der Waals surface area (Å²) >= 11 is 0. The first-order valence-corrected chi connectivity index (χ1v) is 9.25. The zero-order valence-electron chi connectivity index (χ0n) is 15.4. The molecule has 1 rings (SSSR count). The summed E-state index contributed by atoms with van der Waals surface area (Å²) in [5, 5.41) is 3.32. The molecule has 0 aliphatic carbocycles. The quantitative estimate of drug-likeness (QED) is 0.289. The zero-order valence-corrected chi connectivity index (χ0v) is 15.4. The second kappa shape index (κ2) is 18.3. The summed E-state index contributed by atoms with van der Waals surface area (Å²) in [5.74, 6) is 0. The number of rotatable bonds is 18. The molecular weight excluding hydrogens is 326 g/mol. The van der Waals surface area contributed by atoms with Crippen LogP contribution in [0.5, 0.6) is 0 Å². The maximum Gasteiger partial charge on any atom is 0.0704 e. The number of piperidine rings is 1. The van der Waals surface area contributed by atoms with Gasteiger partial charge in [-0.1, -0.05) is 6.08 Å². The van der Waals surface area contributed by atoms with E-state index < -0.39 is 0 Å². The number of nitrogens with one attached hydrogen (secondary N) is 1. The van der Waals surface area contributed by atoms with Crippen LogP contribution in [-0.2, 0) is 28.4 Å². The summed E-state index contributed by atoms with van der Waals surface area (Å²) in [6.45, 7) is 12.1. The standard InChI is InChI=1S/C18H35NO6/c1-2-7-20-8-9-21-10-11-22-12-13-23-14-15-24-16-17-25-18-3-5-19-6-4-18/h2,18-19H,1,3-17H2. The van der Waals surface area contributed by atoms with E-state index in [0.29, 0.717) is 78.8 Å². The van der Waals surface area contributed by atoms with Crippen molar-refractivity contribution in [2.45, 2.75) is 18.9 Å². The Hall–Kier alpha value is -0.540. The van der Waals surface area contributed by atoms with E-state index >= 15 is 0 Å². The molecule has 1 fully saturated rings. The number of hydrogen-bond donors (Lipinski definition) is 1. The topological polar surface area (TPSA) is 67.4 Å². The van der Waals surface area contributed by atoms with E-state index in [4.69, 9.17) is 28.4 Å². The van der Waals surface area contributed by atoms with Gasteiger partial charge in [-0.25, -0.2) is 0 Å². The van der Waals surface area contributed by atoms with Gasteiger partial charge in [-0.15, -0.1) is 6.58 Å². The molecule has 0 aromatic carbocycles. The third kappa shape index (κ3) is 15.4. The Morgan fingerprint density at radius 3 is 1.60 bits per heavy atom. The summed E-state index contributed by atoms with van der Waals surface area (Å²) in [5.41, 5.74) is 0. The SMILES string of the molecule is C=CCOCCOCCOCCOCCOCCOC1CCNCC1. The first kappa shape index (κ1) is 22.5. The molecule has 1 aliphatic rings. The molecule has 148 valence electrons. The molecule has 25 heavy (non-hydrogen) atoms. The van der Waals surface area contributed by atoms with Gasteiger partial charge in [-0.3, -0.25) is 0 Å². The van der Waals surface area contributed by atoms with Crippen molar-refractivity contribution in [1.29, 1.82) is 0 Å². The van der Waals surface area contributed by atoms with E-state index in [0.717, 1.165) is 25.9 Å². The van der Waals surface area contributed by atoms with Crippen LogP contribution < -0.4 is 5.32 Å². The Balaban J connectivity index is 1.66. The third-order valence-corrected chi connectivity index (χ3v) is 3.59. The van der Waals surface area contributed by atoms with E-state index in [-0.39, 0.29) is 0 Å². The fourth-order valence-corrected chi connectivity index (χ4v) is 2.28. The zero-order chi connectivity index (χ0) is 17.8. The smallest absolute Gasteiger partial charge is 0.0704 e. The van der Waals surface area contributed by atoms with Gasteiger partial charge < -0.3 is 33.7 Å². The number of hydrogen-bond acceptors (Lipinski definition) is 7. The van der Waals surface area contributed by atoms with Crippen molar-refractivity contribution >= 4 is 0 Å². The maximum atomic E-state index is 5.75. The molecule has 0 unspecified atom stereocenters. The minimum atomic E-state index is 0.391. The number of ether oxygens (including phenoxy) is 6. The molecule has 1 saturated heterocycles. The minimum absolute atomic E-state index is 0.391. The van der Waals surface area contributed by atoms with Gasteiger partial charge in [0.1, 0.15) is 0 Å². The molecule has 7 heteroatoms. The summed E-state index contributed by atoms with van der Waals surface area (Å²) < 4.78 is 32.6. The van der Waals surface area contributed by atoms with Crippen LogP contribution in [0.1, 0.15) is 12.8 Å². The Morgan fingerprint density at radius 2 is 1.12 bits per heavy atom. The molecule has 0 atom stereocenters. The van der Waals surface area contributed by atoms with Crippen LogP contribution in [0.2, 0.25) is 0 Å². The Bertz CT molecular complexity index is 287. The summed E-state index contributed by atoms with van der Waals surface area (Å²) in [7, 11) is 0. The highest BCUT2D eigenvalue weighted by Gasteiger charge is 2.12. The van der Waals surface area contributed by atoms with Crippen LogP contribution >= 0.6 is 0 Å². The predicted molar refractivity (Wildman–Crippen MR) is 96.1 cm³/mol. The van der Waals surface area contributed by atoms with Crippen LogP contribution in [0.25, 0.3) is 0 Å². The van der Waals surface area contributed by atoms with E-state index in [9.17, 15) is 0 Å². The first-order valence-electron chi connectivity index (χ1n) is 9.25. The normalized spacial score (nSPS) is 15.5. The lowest BCUT2D eigenvalue weighted by atomic mass is 10.1. The Kier molecular flexibility index (Phi) is 16.4. The molecule has 0 aromatic rings. The molecule has 0 bridgehead atoms. The van der Waals surface area contributed by atoms with Crippen LogP contribution in [0.3, 0.4) is 0 Å². The van der Waals surface area contributed by atoms with Crippen molar-refractivity contribution in [1.82, 2.24) is 5.32 Å². The molecule has 1 N–H and O–H groups in total. The van der Waals surface area contributed by atoms with Crippen LogP contribution in [0.4, 0.5) is 0 Å². The van der Waals surface area contributed by atoms with Crippen molar-refractivity contribution < 1.29 is 28.4 Å². The lowest BCUT2D eigenvalue weighted by molar-refractivity contribution is -0.0293. The first-order chi connectivity index (χ1) is 12.4. The van der Waals surface area contributed by atoms with Gasteiger partial charge in [0.05, 0.1) is 78.8 Å². The predicted octanol–water partition coefficient (Wildman–Crippen LogP) is 1.02. The second-order valence-corrected chi connectivity index (χ2v) is 5.63. The summed E-state index contributed by atoms with van der Waals surface area (Å²) in [6.07, 6.45) is 4.30. The largest absolute Gasteiger partial charge is 0.377 e. The fourth-order valence-electron chi connectivity index (χ4n) is 2.28. The van der Waals surface area contributed by atoms with Gasteiger partial charge >= 0.3 is 0 Å². The molecule has 0 spiro atoms. The lowest BCUT2D eigenvalue weighted by Crippen LogP contribution is -2.33. The van der Waals surface area contributed by atoms with Gasteiger partial charge in [0.15, 0.2) is 0 Å². The second-order valence-electron chi connectivity index (χ2n) is 5.63. The van der Waals surface area contributed by atoms with Gasteiger partial charge in [-0.2, -0.15) is 0 Å². The van der Waals surface area contributed by atoms with Gasteiger partial charge in [0, 0.05) is 0 Å². The van der Waals surface area contributed by atoms with Crippen LogP contribution in [-0.4, -0.2) is 91.9 Å². The Morgan fingerprint density at radius 1 is 0.680 bits per heavy atom. The molecule has 1 heterocycles. The highest BCUT2D eigenvalue weighted by molar-refractivity contribution is 4.67. The van der Waals surface area contributed by atoms with Crippen LogP contribution in [0, 0.1) is 0 Å². The van der Waals surface area contributed by atoms with E-state index in [1.807, 2.05) is 0 Å². The van der Waals surface area contributed by atoms with E-state index in [1.54, 1.807) is 6.08 Å². The van der Waals surface area contributed by atoms with Gasteiger partial charge in [0.25, 0.3) is 0 Å².